The van der Waals surface area contributed by atoms with Crippen LogP contribution in [0.3, 0.4) is 0 Å². The van der Waals surface area contributed by atoms with Gasteiger partial charge in [0.1, 0.15) is 11.6 Å². The van der Waals surface area contributed by atoms with Gasteiger partial charge in [0.25, 0.3) is 0 Å². The molecule has 0 aliphatic carbocycles. The first-order valence-corrected chi connectivity index (χ1v) is 8.88. The summed E-state index contributed by atoms with van der Waals surface area (Å²) in [6.07, 6.45) is 11.9. The third kappa shape index (κ3) is 3.40. The van der Waals surface area contributed by atoms with Crippen LogP contribution in [0, 0.1) is 6.92 Å². The molecule has 0 saturated carbocycles. The van der Waals surface area contributed by atoms with Crippen LogP contribution in [-0.4, -0.2) is 32.6 Å². The van der Waals surface area contributed by atoms with Gasteiger partial charge in [0.15, 0.2) is 0 Å². The quantitative estimate of drug-likeness (QED) is 0.734. The number of piperidine rings is 1. The van der Waals surface area contributed by atoms with Crippen molar-refractivity contribution in [1.82, 2.24) is 19.5 Å². The third-order valence-corrected chi connectivity index (χ3v) is 4.92. The maximum atomic E-state index is 4.69. The van der Waals surface area contributed by atoms with Crippen molar-refractivity contribution in [3.63, 3.8) is 0 Å². The minimum atomic E-state index is 0.437. The Labute approximate surface area is 148 Å². The molecule has 1 fully saturated rings. The summed E-state index contributed by atoms with van der Waals surface area (Å²) in [5.74, 6) is 2.72. The summed E-state index contributed by atoms with van der Waals surface area (Å²) in [7, 11) is 0. The minimum absolute atomic E-state index is 0.437. The third-order valence-electron chi connectivity index (χ3n) is 4.92. The highest BCUT2D eigenvalue weighted by atomic mass is 15.2. The van der Waals surface area contributed by atoms with Crippen molar-refractivity contribution in [2.45, 2.75) is 32.2 Å². The molecule has 25 heavy (non-hydrogen) atoms. The molecule has 1 aliphatic rings. The lowest BCUT2D eigenvalue weighted by molar-refractivity contribution is 0.473. The Bertz CT molecular complexity index is 827. The van der Waals surface area contributed by atoms with E-state index in [1.165, 1.54) is 29.8 Å². The molecule has 3 aromatic rings. The van der Waals surface area contributed by atoms with Gasteiger partial charge in [-0.2, -0.15) is 0 Å². The van der Waals surface area contributed by atoms with Crippen LogP contribution in [0.2, 0.25) is 0 Å². The van der Waals surface area contributed by atoms with E-state index in [1.54, 1.807) is 0 Å². The number of anilines is 1. The van der Waals surface area contributed by atoms with E-state index in [9.17, 15) is 0 Å². The predicted octanol–water partition coefficient (Wildman–Crippen LogP) is 3.41. The van der Waals surface area contributed by atoms with Gasteiger partial charge in [-0.1, -0.05) is 6.07 Å². The lowest BCUT2D eigenvalue weighted by atomic mass is 9.96. The van der Waals surface area contributed by atoms with Crippen LogP contribution in [0.1, 0.15) is 35.7 Å². The zero-order chi connectivity index (χ0) is 17.1. The predicted molar refractivity (Wildman–Crippen MR) is 98.7 cm³/mol. The molecule has 1 aliphatic heterocycles. The number of nitrogens with zero attached hydrogens (tertiary/aromatic N) is 5. The number of hydrogen-bond acceptors (Lipinski definition) is 4. The molecule has 1 atom stereocenters. The van der Waals surface area contributed by atoms with Crippen LogP contribution >= 0.6 is 0 Å². The zero-order valence-electron chi connectivity index (χ0n) is 14.5. The van der Waals surface area contributed by atoms with Crippen LogP contribution in [0.5, 0.6) is 0 Å². The molecule has 0 spiro atoms. The molecule has 5 heteroatoms. The second-order valence-electron chi connectivity index (χ2n) is 6.70. The summed E-state index contributed by atoms with van der Waals surface area (Å²) in [6, 6.07) is 8.26. The van der Waals surface area contributed by atoms with Crippen molar-refractivity contribution in [2.24, 2.45) is 0 Å². The van der Waals surface area contributed by atoms with E-state index in [0.29, 0.717) is 5.92 Å². The molecular weight excluding hydrogens is 310 g/mol. The van der Waals surface area contributed by atoms with Crippen molar-refractivity contribution in [1.29, 1.82) is 0 Å². The van der Waals surface area contributed by atoms with Crippen molar-refractivity contribution in [2.75, 3.05) is 18.0 Å². The second kappa shape index (κ2) is 7.05. The summed E-state index contributed by atoms with van der Waals surface area (Å²) in [4.78, 5) is 15.8. The van der Waals surface area contributed by atoms with Gasteiger partial charge in [0.05, 0.1) is 0 Å². The Morgan fingerprint density at radius 1 is 1.08 bits per heavy atom. The first-order chi connectivity index (χ1) is 12.3. The number of aryl methyl sites for hydroxylation is 1. The lowest BCUT2D eigenvalue weighted by Gasteiger charge is -2.34. The van der Waals surface area contributed by atoms with Crippen LogP contribution in [0.15, 0.2) is 55.2 Å². The first-order valence-electron chi connectivity index (χ1n) is 8.88. The van der Waals surface area contributed by atoms with Crippen molar-refractivity contribution < 1.29 is 0 Å². The van der Waals surface area contributed by atoms with Crippen molar-refractivity contribution >= 4 is 5.82 Å². The summed E-state index contributed by atoms with van der Waals surface area (Å²) in [5.41, 5.74) is 2.49. The van der Waals surface area contributed by atoms with E-state index < -0.39 is 0 Å². The molecule has 4 heterocycles. The molecule has 5 nitrogen and oxygen atoms in total. The Kier molecular flexibility index (Phi) is 4.46. The van der Waals surface area contributed by atoms with E-state index in [-0.39, 0.29) is 0 Å². The van der Waals surface area contributed by atoms with Crippen LogP contribution < -0.4 is 4.90 Å². The molecule has 0 N–H and O–H groups in total. The SMILES string of the molecule is Cc1cccnc1N1CCCC(c2nccn2Cc2ccncc2)C1. The standard InChI is InChI=1S/C20H23N5/c1-16-4-2-8-22-19(16)24-12-3-5-18(15-24)20-23-11-13-25(20)14-17-6-9-21-10-7-17/h2,4,6-11,13,18H,3,5,12,14-15H2,1H3. The van der Waals surface area contributed by atoms with Gasteiger partial charge in [-0.15, -0.1) is 0 Å². The van der Waals surface area contributed by atoms with Gasteiger partial charge in [-0.05, 0) is 49.1 Å². The molecule has 128 valence electrons. The van der Waals surface area contributed by atoms with Gasteiger partial charge in [0, 0.05) is 56.5 Å². The molecule has 1 saturated heterocycles. The second-order valence-corrected chi connectivity index (χ2v) is 6.70. The Morgan fingerprint density at radius 2 is 1.96 bits per heavy atom. The molecule has 0 bridgehead atoms. The summed E-state index contributed by atoms with van der Waals surface area (Å²) in [6.45, 7) is 5.03. The van der Waals surface area contributed by atoms with Crippen molar-refractivity contribution in [3.05, 3.63) is 72.2 Å². The zero-order valence-corrected chi connectivity index (χ0v) is 14.5. The maximum Gasteiger partial charge on any atom is 0.131 e. The van der Waals surface area contributed by atoms with Gasteiger partial charge in [-0.3, -0.25) is 4.98 Å². The molecule has 0 amide bonds. The molecule has 4 rings (SSSR count). The Morgan fingerprint density at radius 3 is 2.80 bits per heavy atom. The van der Waals surface area contributed by atoms with E-state index >= 15 is 0 Å². The number of hydrogen-bond donors (Lipinski definition) is 0. The van der Waals surface area contributed by atoms with Crippen LogP contribution in [0.25, 0.3) is 0 Å². The minimum Gasteiger partial charge on any atom is -0.356 e. The average Bonchev–Trinajstić information content (AvgIpc) is 3.11. The van der Waals surface area contributed by atoms with E-state index in [1.807, 2.05) is 30.9 Å². The van der Waals surface area contributed by atoms with Gasteiger partial charge >= 0.3 is 0 Å². The van der Waals surface area contributed by atoms with Crippen LogP contribution in [-0.2, 0) is 6.54 Å². The molecule has 1 unspecified atom stereocenters. The fourth-order valence-electron chi connectivity index (χ4n) is 3.69. The number of rotatable bonds is 4. The van der Waals surface area contributed by atoms with Gasteiger partial charge < -0.3 is 9.47 Å². The summed E-state index contributed by atoms with van der Waals surface area (Å²) < 4.78 is 2.27. The topological polar surface area (TPSA) is 46.8 Å². The van der Waals surface area contributed by atoms with E-state index in [2.05, 4.69) is 55.7 Å². The highest BCUT2D eigenvalue weighted by Crippen LogP contribution is 2.29. The Balaban J connectivity index is 1.54. The number of aromatic nitrogens is 4. The fraction of sp³-hybridized carbons (Fsp3) is 0.350. The lowest BCUT2D eigenvalue weighted by Crippen LogP contribution is -2.36. The average molecular weight is 333 g/mol. The highest BCUT2D eigenvalue weighted by Gasteiger charge is 2.26. The molecule has 0 radical (unpaired) electrons. The highest BCUT2D eigenvalue weighted by molar-refractivity contribution is 5.46. The first kappa shape index (κ1) is 15.8. The van der Waals surface area contributed by atoms with Crippen LogP contribution in [0.4, 0.5) is 5.82 Å². The number of imidazole rings is 1. The molecule has 0 aromatic carbocycles. The van der Waals surface area contributed by atoms with Gasteiger partial charge in [0.2, 0.25) is 0 Å². The van der Waals surface area contributed by atoms with Gasteiger partial charge in [-0.25, -0.2) is 9.97 Å². The summed E-state index contributed by atoms with van der Waals surface area (Å²) >= 11 is 0. The molecular formula is C20H23N5. The normalized spacial score (nSPS) is 17.6. The smallest absolute Gasteiger partial charge is 0.131 e. The van der Waals surface area contributed by atoms with Crippen molar-refractivity contribution in [3.8, 4) is 0 Å². The van der Waals surface area contributed by atoms with E-state index in [4.69, 9.17) is 0 Å². The monoisotopic (exact) mass is 333 g/mol. The summed E-state index contributed by atoms with van der Waals surface area (Å²) in [5, 5.41) is 0. The fourth-order valence-corrected chi connectivity index (χ4v) is 3.69. The Hall–Kier alpha value is -2.69. The largest absolute Gasteiger partial charge is 0.356 e. The maximum absolute atomic E-state index is 4.69. The number of pyridine rings is 2. The van der Waals surface area contributed by atoms with E-state index in [0.717, 1.165) is 25.5 Å². The molecule has 3 aromatic heterocycles.